The van der Waals surface area contributed by atoms with E-state index in [0.29, 0.717) is 6.04 Å². The smallest absolute Gasteiger partial charge is 0.0351 e. The van der Waals surface area contributed by atoms with Crippen LogP contribution in [0.1, 0.15) is 43.7 Å². The van der Waals surface area contributed by atoms with Crippen LogP contribution in [0.25, 0.3) is 0 Å². The number of nitrogens with two attached hydrogens (primary N) is 1. The lowest BCUT2D eigenvalue weighted by Gasteiger charge is -2.36. The van der Waals surface area contributed by atoms with Crippen molar-refractivity contribution in [2.75, 3.05) is 12.3 Å². The van der Waals surface area contributed by atoms with Crippen LogP contribution in [-0.4, -0.2) is 17.5 Å². The van der Waals surface area contributed by atoms with Gasteiger partial charge in [0.15, 0.2) is 0 Å². The molecule has 1 unspecified atom stereocenters. The van der Waals surface area contributed by atoms with Gasteiger partial charge in [0.2, 0.25) is 0 Å². The van der Waals surface area contributed by atoms with Crippen LogP contribution in [0.2, 0.25) is 0 Å². The summed E-state index contributed by atoms with van der Waals surface area (Å²) in [6.07, 6.45) is 6.89. The first-order valence-corrected chi connectivity index (χ1v) is 6.46. The molecule has 2 heteroatoms. The van der Waals surface area contributed by atoms with Gasteiger partial charge in [-0.3, -0.25) is 4.90 Å². The van der Waals surface area contributed by atoms with E-state index in [4.69, 9.17) is 5.73 Å². The van der Waals surface area contributed by atoms with Gasteiger partial charge in [0.05, 0.1) is 0 Å². The predicted molar refractivity (Wildman–Crippen MR) is 67.2 cm³/mol. The van der Waals surface area contributed by atoms with Crippen molar-refractivity contribution in [3.05, 3.63) is 29.8 Å². The molecule has 1 aliphatic heterocycles. The lowest BCUT2D eigenvalue weighted by molar-refractivity contribution is 0.139. The summed E-state index contributed by atoms with van der Waals surface area (Å²) in [7, 11) is 0. The molecule has 1 aliphatic carbocycles. The minimum Gasteiger partial charge on any atom is -0.399 e. The molecular formula is C14H20N2. The Morgan fingerprint density at radius 3 is 2.44 bits per heavy atom. The van der Waals surface area contributed by atoms with E-state index in [9.17, 15) is 0 Å². The molecule has 16 heavy (non-hydrogen) atoms. The lowest BCUT2D eigenvalue weighted by atomic mass is 9.95. The Hall–Kier alpha value is -1.02. The average molecular weight is 216 g/mol. The van der Waals surface area contributed by atoms with Crippen LogP contribution in [0.5, 0.6) is 0 Å². The van der Waals surface area contributed by atoms with Gasteiger partial charge in [-0.25, -0.2) is 0 Å². The van der Waals surface area contributed by atoms with Crippen molar-refractivity contribution in [1.82, 2.24) is 4.90 Å². The molecule has 1 aromatic rings. The fourth-order valence-electron chi connectivity index (χ4n) is 2.87. The number of piperidine rings is 1. The van der Waals surface area contributed by atoms with E-state index in [1.54, 1.807) is 0 Å². The second-order valence-electron chi connectivity index (χ2n) is 5.15. The average Bonchev–Trinajstić information content (AvgIpc) is 3.14. The number of nitrogen functional groups attached to an aromatic ring is 1. The van der Waals surface area contributed by atoms with E-state index in [0.717, 1.165) is 11.7 Å². The van der Waals surface area contributed by atoms with E-state index >= 15 is 0 Å². The Morgan fingerprint density at radius 1 is 1.00 bits per heavy atom. The highest BCUT2D eigenvalue weighted by Gasteiger charge is 2.35. The summed E-state index contributed by atoms with van der Waals surface area (Å²) in [4.78, 5) is 2.72. The highest BCUT2D eigenvalue weighted by Crippen LogP contribution is 2.39. The molecule has 0 aromatic heterocycles. The molecule has 2 fully saturated rings. The summed E-state index contributed by atoms with van der Waals surface area (Å²) in [6, 6.07) is 10.0. The van der Waals surface area contributed by atoms with Gasteiger partial charge in [0.25, 0.3) is 0 Å². The van der Waals surface area contributed by atoms with Crippen molar-refractivity contribution < 1.29 is 0 Å². The van der Waals surface area contributed by atoms with Gasteiger partial charge < -0.3 is 5.73 Å². The zero-order valence-electron chi connectivity index (χ0n) is 9.73. The standard InChI is InChI=1S/C14H20N2/c15-12-6-4-11(5-7-12)14-3-1-2-10-16(14)13-8-9-13/h4-7,13-14H,1-3,8-10,15H2. The summed E-state index contributed by atoms with van der Waals surface area (Å²) >= 11 is 0. The second kappa shape index (κ2) is 4.10. The summed E-state index contributed by atoms with van der Waals surface area (Å²) in [5.74, 6) is 0. The van der Waals surface area contributed by atoms with Gasteiger partial charge in [-0.1, -0.05) is 18.6 Å². The monoisotopic (exact) mass is 216 g/mol. The van der Waals surface area contributed by atoms with Gasteiger partial charge in [0.1, 0.15) is 0 Å². The number of benzene rings is 1. The van der Waals surface area contributed by atoms with Crippen molar-refractivity contribution in [3.8, 4) is 0 Å². The van der Waals surface area contributed by atoms with Crippen LogP contribution in [0.4, 0.5) is 5.69 Å². The highest BCUT2D eigenvalue weighted by atomic mass is 15.2. The third-order valence-corrected chi connectivity index (χ3v) is 3.88. The van der Waals surface area contributed by atoms with Crippen molar-refractivity contribution >= 4 is 5.69 Å². The molecule has 2 nitrogen and oxygen atoms in total. The Balaban J connectivity index is 1.82. The first-order chi connectivity index (χ1) is 7.84. The van der Waals surface area contributed by atoms with Gasteiger partial charge in [-0.05, 0) is 49.9 Å². The minimum atomic E-state index is 0.654. The Kier molecular flexibility index (Phi) is 2.60. The van der Waals surface area contributed by atoms with Crippen LogP contribution in [-0.2, 0) is 0 Å². The van der Waals surface area contributed by atoms with Crippen molar-refractivity contribution in [2.45, 2.75) is 44.2 Å². The number of anilines is 1. The van der Waals surface area contributed by atoms with Crippen molar-refractivity contribution in [3.63, 3.8) is 0 Å². The van der Waals surface area contributed by atoms with E-state index in [1.165, 1.54) is 44.2 Å². The minimum absolute atomic E-state index is 0.654. The maximum Gasteiger partial charge on any atom is 0.0351 e. The quantitative estimate of drug-likeness (QED) is 0.770. The van der Waals surface area contributed by atoms with Gasteiger partial charge in [0, 0.05) is 17.8 Å². The molecule has 1 saturated carbocycles. The van der Waals surface area contributed by atoms with Crippen LogP contribution in [0.3, 0.4) is 0 Å². The van der Waals surface area contributed by atoms with E-state index < -0.39 is 0 Å². The molecule has 1 saturated heterocycles. The summed E-state index contributed by atoms with van der Waals surface area (Å²) in [5.41, 5.74) is 8.08. The second-order valence-corrected chi connectivity index (χ2v) is 5.15. The fraction of sp³-hybridized carbons (Fsp3) is 0.571. The zero-order valence-corrected chi connectivity index (χ0v) is 9.73. The molecule has 0 amide bonds. The zero-order chi connectivity index (χ0) is 11.0. The first-order valence-electron chi connectivity index (χ1n) is 6.46. The number of hydrogen-bond donors (Lipinski definition) is 1. The Bertz CT molecular complexity index is 354. The van der Waals surface area contributed by atoms with Crippen molar-refractivity contribution in [2.24, 2.45) is 0 Å². The Morgan fingerprint density at radius 2 is 1.75 bits per heavy atom. The van der Waals surface area contributed by atoms with Crippen LogP contribution in [0.15, 0.2) is 24.3 Å². The predicted octanol–water partition coefficient (Wildman–Crippen LogP) is 2.96. The number of likely N-dealkylation sites (tertiary alicyclic amines) is 1. The molecule has 1 atom stereocenters. The first kappa shape index (κ1) is 10.2. The molecule has 1 heterocycles. The molecule has 3 rings (SSSR count). The van der Waals surface area contributed by atoms with Crippen molar-refractivity contribution in [1.29, 1.82) is 0 Å². The van der Waals surface area contributed by atoms with Crippen LogP contribution < -0.4 is 5.73 Å². The molecule has 0 bridgehead atoms. The molecule has 2 N–H and O–H groups in total. The lowest BCUT2D eigenvalue weighted by Crippen LogP contribution is -2.35. The molecule has 1 aromatic carbocycles. The number of nitrogens with zero attached hydrogens (tertiary/aromatic N) is 1. The van der Waals surface area contributed by atoms with E-state index in [1.807, 2.05) is 12.1 Å². The maximum absolute atomic E-state index is 5.75. The van der Waals surface area contributed by atoms with Crippen LogP contribution >= 0.6 is 0 Å². The van der Waals surface area contributed by atoms with Gasteiger partial charge >= 0.3 is 0 Å². The molecule has 0 radical (unpaired) electrons. The molecule has 0 spiro atoms. The van der Waals surface area contributed by atoms with E-state index in [2.05, 4.69) is 17.0 Å². The summed E-state index contributed by atoms with van der Waals surface area (Å²) in [5, 5.41) is 0. The summed E-state index contributed by atoms with van der Waals surface area (Å²) < 4.78 is 0. The normalized spacial score (nSPS) is 26.9. The number of hydrogen-bond acceptors (Lipinski definition) is 2. The largest absolute Gasteiger partial charge is 0.399 e. The maximum atomic E-state index is 5.75. The third-order valence-electron chi connectivity index (χ3n) is 3.88. The van der Waals surface area contributed by atoms with Gasteiger partial charge in [-0.2, -0.15) is 0 Å². The fourth-order valence-corrected chi connectivity index (χ4v) is 2.87. The topological polar surface area (TPSA) is 29.3 Å². The summed E-state index contributed by atoms with van der Waals surface area (Å²) in [6.45, 7) is 1.29. The SMILES string of the molecule is Nc1ccc(C2CCCCN2C2CC2)cc1. The number of rotatable bonds is 2. The molecule has 2 aliphatic rings. The van der Waals surface area contributed by atoms with Gasteiger partial charge in [-0.15, -0.1) is 0 Å². The highest BCUT2D eigenvalue weighted by molar-refractivity contribution is 5.40. The van der Waals surface area contributed by atoms with E-state index in [-0.39, 0.29) is 0 Å². The third kappa shape index (κ3) is 1.94. The Labute approximate surface area is 97.4 Å². The molecule has 86 valence electrons. The van der Waals surface area contributed by atoms with Crippen LogP contribution in [0, 0.1) is 0 Å². The molecular weight excluding hydrogens is 196 g/mol.